The smallest absolute Gasteiger partial charge is 0.155 e. The molecule has 0 heterocycles. The second kappa shape index (κ2) is 4.56. The summed E-state index contributed by atoms with van der Waals surface area (Å²) in [5, 5.41) is 0. The van der Waals surface area contributed by atoms with Gasteiger partial charge in [-0.3, -0.25) is 4.79 Å². The average Bonchev–Trinajstić information content (AvgIpc) is 2.33. The van der Waals surface area contributed by atoms with Gasteiger partial charge in [0.1, 0.15) is 0 Å². The Bertz CT molecular complexity index is 216. The molecule has 0 radical (unpaired) electrons. The van der Waals surface area contributed by atoms with E-state index in [1.807, 2.05) is 13.8 Å². The van der Waals surface area contributed by atoms with Crippen LogP contribution in [-0.4, -0.2) is 11.8 Å². The molecule has 74 valence electrons. The topological polar surface area (TPSA) is 43.1 Å². The Morgan fingerprint density at radius 3 is 2.62 bits per heavy atom. The van der Waals surface area contributed by atoms with E-state index in [-0.39, 0.29) is 5.78 Å². The third-order valence-electron chi connectivity index (χ3n) is 2.52. The summed E-state index contributed by atoms with van der Waals surface area (Å²) in [5.74, 6) is 0.803. The van der Waals surface area contributed by atoms with Gasteiger partial charge in [-0.2, -0.15) is 0 Å². The van der Waals surface area contributed by atoms with Gasteiger partial charge in [-0.05, 0) is 45.1 Å². The molecule has 0 aliphatic heterocycles. The normalized spacial score (nSPS) is 27.3. The summed E-state index contributed by atoms with van der Waals surface area (Å²) in [4.78, 5) is 11.4. The first-order valence-electron chi connectivity index (χ1n) is 5.01. The lowest BCUT2D eigenvalue weighted by molar-refractivity contribution is -0.115. The van der Waals surface area contributed by atoms with E-state index in [1.54, 1.807) is 6.08 Å². The molecule has 0 bridgehead atoms. The van der Waals surface area contributed by atoms with Crippen LogP contribution in [0.2, 0.25) is 0 Å². The fraction of sp³-hybridized carbons (Fsp3) is 0.727. The molecule has 1 rings (SSSR count). The standard InChI is InChI=1S/C11H19NO/c1-8(2)5-11(13)7-9-3-4-10(12)6-9/h5,9-10H,3-4,6-7,12H2,1-2H3. The van der Waals surface area contributed by atoms with Crippen LogP contribution in [0.5, 0.6) is 0 Å². The van der Waals surface area contributed by atoms with Crippen LogP contribution in [0.15, 0.2) is 11.6 Å². The number of nitrogens with two attached hydrogens (primary N) is 1. The van der Waals surface area contributed by atoms with Gasteiger partial charge in [0.2, 0.25) is 0 Å². The summed E-state index contributed by atoms with van der Waals surface area (Å²) in [5.41, 5.74) is 6.87. The molecule has 1 aliphatic carbocycles. The molecule has 0 aromatic carbocycles. The predicted octanol–water partition coefficient (Wildman–Crippen LogP) is 2.04. The Morgan fingerprint density at radius 1 is 1.46 bits per heavy atom. The number of carbonyl (C=O) groups is 1. The highest BCUT2D eigenvalue weighted by atomic mass is 16.1. The Hall–Kier alpha value is -0.630. The predicted molar refractivity (Wildman–Crippen MR) is 54.4 cm³/mol. The maximum Gasteiger partial charge on any atom is 0.155 e. The maximum absolute atomic E-state index is 11.4. The van der Waals surface area contributed by atoms with E-state index in [0.29, 0.717) is 18.4 Å². The van der Waals surface area contributed by atoms with E-state index in [0.717, 1.165) is 24.8 Å². The number of hydrogen-bond donors (Lipinski definition) is 1. The van der Waals surface area contributed by atoms with Crippen molar-refractivity contribution in [3.63, 3.8) is 0 Å². The van der Waals surface area contributed by atoms with E-state index >= 15 is 0 Å². The van der Waals surface area contributed by atoms with Crippen molar-refractivity contribution in [2.75, 3.05) is 0 Å². The molecule has 1 saturated carbocycles. The molecule has 2 nitrogen and oxygen atoms in total. The lowest BCUT2D eigenvalue weighted by atomic mass is 10.00. The zero-order chi connectivity index (χ0) is 9.84. The molecule has 13 heavy (non-hydrogen) atoms. The van der Waals surface area contributed by atoms with Crippen LogP contribution in [0, 0.1) is 5.92 Å². The molecule has 0 aromatic heterocycles. The van der Waals surface area contributed by atoms with E-state index in [9.17, 15) is 4.79 Å². The van der Waals surface area contributed by atoms with Gasteiger partial charge in [-0.15, -0.1) is 0 Å². The highest BCUT2D eigenvalue weighted by Gasteiger charge is 2.22. The minimum absolute atomic E-state index is 0.263. The van der Waals surface area contributed by atoms with Gasteiger partial charge in [0, 0.05) is 12.5 Å². The van der Waals surface area contributed by atoms with Crippen LogP contribution in [0.3, 0.4) is 0 Å². The SMILES string of the molecule is CC(C)=CC(=O)CC1CCC(N)C1. The number of ketones is 1. The fourth-order valence-corrected chi connectivity index (χ4v) is 1.96. The van der Waals surface area contributed by atoms with Crippen LogP contribution in [0.4, 0.5) is 0 Å². The molecule has 1 aliphatic rings. The first-order valence-corrected chi connectivity index (χ1v) is 5.01. The van der Waals surface area contributed by atoms with Crippen molar-refractivity contribution >= 4 is 5.78 Å². The summed E-state index contributed by atoms with van der Waals surface area (Å²) in [6.45, 7) is 3.91. The molecule has 2 N–H and O–H groups in total. The summed E-state index contributed by atoms with van der Waals surface area (Å²) in [7, 11) is 0. The lowest BCUT2D eigenvalue weighted by Gasteiger charge is -2.05. The van der Waals surface area contributed by atoms with Crippen molar-refractivity contribution in [1.82, 2.24) is 0 Å². The van der Waals surface area contributed by atoms with Crippen molar-refractivity contribution in [3.8, 4) is 0 Å². The van der Waals surface area contributed by atoms with Crippen LogP contribution < -0.4 is 5.73 Å². The molecule has 0 aromatic rings. The Kier molecular flexibility index (Phi) is 3.67. The Balaban J connectivity index is 2.33. The fourth-order valence-electron chi connectivity index (χ4n) is 1.96. The Labute approximate surface area is 80.2 Å². The van der Waals surface area contributed by atoms with Gasteiger partial charge in [0.05, 0.1) is 0 Å². The summed E-state index contributed by atoms with van der Waals surface area (Å²) in [6, 6.07) is 0.338. The van der Waals surface area contributed by atoms with Crippen molar-refractivity contribution in [1.29, 1.82) is 0 Å². The lowest BCUT2D eigenvalue weighted by Crippen LogP contribution is -2.15. The zero-order valence-electron chi connectivity index (χ0n) is 8.55. The van der Waals surface area contributed by atoms with Crippen LogP contribution in [0.1, 0.15) is 39.5 Å². The molecule has 0 amide bonds. The number of carbonyl (C=O) groups excluding carboxylic acids is 1. The van der Waals surface area contributed by atoms with Gasteiger partial charge in [-0.1, -0.05) is 5.57 Å². The second-order valence-corrected chi connectivity index (χ2v) is 4.33. The molecule has 0 spiro atoms. The largest absolute Gasteiger partial charge is 0.328 e. The van der Waals surface area contributed by atoms with E-state index in [2.05, 4.69) is 0 Å². The third kappa shape index (κ3) is 3.73. The highest BCUT2D eigenvalue weighted by molar-refractivity contribution is 5.90. The first-order chi connectivity index (χ1) is 6.08. The monoisotopic (exact) mass is 181 g/mol. The average molecular weight is 181 g/mol. The van der Waals surface area contributed by atoms with Crippen LogP contribution >= 0.6 is 0 Å². The minimum Gasteiger partial charge on any atom is -0.328 e. The summed E-state index contributed by atoms with van der Waals surface area (Å²) < 4.78 is 0. The summed E-state index contributed by atoms with van der Waals surface area (Å²) >= 11 is 0. The van der Waals surface area contributed by atoms with Crippen molar-refractivity contribution < 1.29 is 4.79 Å². The third-order valence-corrected chi connectivity index (χ3v) is 2.52. The first kappa shape index (κ1) is 10.5. The quantitative estimate of drug-likeness (QED) is 0.677. The van der Waals surface area contributed by atoms with Crippen LogP contribution in [0.25, 0.3) is 0 Å². The zero-order valence-corrected chi connectivity index (χ0v) is 8.55. The highest BCUT2D eigenvalue weighted by Crippen LogP contribution is 2.27. The van der Waals surface area contributed by atoms with Gasteiger partial charge in [0.25, 0.3) is 0 Å². The molecular formula is C11H19NO. The number of rotatable bonds is 3. The molecule has 2 heteroatoms. The van der Waals surface area contributed by atoms with E-state index < -0.39 is 0 Å². The Morgan fingerprint density at radius 2 is 2.15 bits per heavy atom. The molecule has 2 atom stereocenters. The minimum atomic E-state index is 0.263. The molecule has 0 saturated heterocycles. The molecule has 1 fully saturated rings. The van der Waals surface area contributed by atoms with Crippen molar-refractivity contribution in [2.45, 2.75) is 45.6 Å². The molecular weight excluding hydrogens is 162 g/mol. The van der Waals surface area contributed by atoms with Gasteiger partial charge < -0.3 is 5.73 Å². The number of hydrogen-bond acceptors (Lipinski definition) is 2. The number of allylic oxidation sites excluding steroid dienone is 2. The summed E-state index contributed by atoms with van der Waals surface area (Å²) in [6.07, 6.45) is 5.68. The van der Waals surface area contributed by atoms with E-state index in [4.69, 9.17) is 5.73 Å². The van der Waals surface area contributed by atoms with Gasteiger partial charge >= 0.3 is 0 Å². The van der Waals surface area contributed by atoms with Crippen molar-refractivity contribution in [2.24, 2.45) is 11.7 Å². The van der Waals surface area contributed by atoms with Crippen molar-refractivity contribution in [3.05, 3.63) is 11.6 Å². The molecule has 2 unspecified atom stereocenters. The van der Waals surface area contributed by atoms with Gasteiger partial charge in [0.15, 0.2) is 5.78 Å². The van der Waals surface area contributed by atoms with Gasteiger partial charge in [-0.25, -0.2) is 0 Å². The van der Waals surface area contributed by atoms with E-state index in [1.165, 1.54) is 0 Å². The second-order valence-electron chi connectivity index (χ2n) is 4.33. The van der Waals surface area contributed by atoms with Crippen LogP contribution in [-0.2, 0) is 4.79 Å². The maximum atomic E-state index is 11.4.